The number of ether oxygens (including phenoxy) is 2. The maximum absolute atomic E-state index is 5.92. The molecule has 0 spiro atoms. The van der Waals surface area contributed by atoms with Crippen LogP contribution in [0, 0.1) is 5.41 Å². The molecule has 0 atom stereocenters. The fourth-order valence-electron chi connectivity index (χ4n) is 0.809. The third kappa shape index (κ3) is 7.24. The van der Waals surface area contributed by atoms with E-state index in [9.17, 15) is 0 Å². The van der Waals surface area contributed by atoms with Gasteiger partial charge in [-0.15, -0.1) is 0 Å². The molecular formula is C14H36O2. The fraction of sp³-hybridized carbons (Fsp3) is 1.00. The minimum Gasteiger partial charge on any atom is -0.354 e. The first-order valence-electron chi connectivity index (χ1n) is 4.77. The molecule has 0 aliphatic carbocycles. The van der Waals surface area contributed by atoms with E-state index >= 15 is 0 Å². The van der Waals surface area contributed by atoms with Crippen molar-refractivity contribution in [2.24, 2.45) is 5.41 Å². The summed E-state index contributed by atoms with van der Waals surface area (Å²) in [5.74, 6) is -0.517. The first kappa shape index (κ1) is 24.9. The smallest absolute Gasteiger partial charge is 0.163 e. The molecule has 0 rings (SSSR count). The zero-order valence-corrected chi connectivity index (χ0v) is 10.3. The van der Waals surface area contributed by atoms with Gasteiger partial charge in [0, 0.05) is 7.11 Å². The highest BCUT2D eigenvalue weighted by Crippen LogP contribution is 2.36. The Labute approximate surface area is 105 Å². The summed E-state index contributed by atoms with van der Waals surface area (Å²) < 4.78 is 11.2. The highest BCUT2D eigenvalue weighted by atomic mass is 16.7. The van der Waals surface area contributed by atoms with Crippen molar-refractivity contribution in [3.63, 3.8) is 0 Å². The van der Waals surface area contributed by atoms with E-state index in [4.69, 9.17) is 9.47 Å². The van der Waals surface area contributed by atoms with Crippen molar-refractivity contribution in [2.75, 3.05) is 7.11 Å². The molecule has 0 unspecified atom stereocenters. The van der Waals surface area contributed by atoms with E-state index in [0.29, 0.717) is 0 Å². The molecule has 2 heteroatoms. The summed E-state index contributed by atoms with van der Waals surface area (Å²) in [5, 5.41) is 0. The molecule has 0 heterocycles. The van der Waals surface area contributed by atoms with Crippen LogP contribution in [0.5, 0.6) is 0 Å². The average Bonchev–Trinajstić information content (AvgIpc) is 1.83. The molecule has 0 aromatic heterocycles. The Bertz CT molecular complexity index is 164. The molecule has 0 bridgehead atoms. The fourth-order valence-corrected chi connectivity index (χ4v) is 0.809. The lowest BCUT2D eigenvalue weighted by Crippen LogP contribution is -2.46. The Balaban J connectivity index is -0.000000240. The van der Waals surface area contributed by atoms with Gasteiger partial charge >= 0.3 is 0 Å². The molecule has 0 radical (unpaired) electrons. The monoisotopic (exact) mass is 236 g/mol. The van der Waals surface area contributed by atoms with Crippen molar-refractivity contribution in [2.45, 2.75) is 82.1 Å². The second-order valence-electron chi connectivity index (χ2n) is 5.47. The number of hydrogen-bond acceptors (Lipinski definition) is 2. The Kier molecular flexibility index (Phi) is 11.4. The third-order valence-corrected chi connectivity index (χ3v) is 2.80. The molecular weight excluding hydrogens is 200 g/mol. The van der Waals surface area contributed by atoms with Crippen molar-refractivity contribution >= 4 is 0 Å². The van der Waals surface area contributed by atoms with Crippen molar-refractivity contribution in [3.05, 3.63) is 0 Å². The summed E-state index contributed by atoms with van der Waals surface area (Å²) in [7, 11) is 1.67. The Morgan fingerprint density at radius 1 is 0.688 bits per heavy atom. The van der Waals surface area contributed by atoms with Crippen LogP contribution in [0.1, 0.15) is 70.7 Å². The minimum atomic E-state index is -0.517. The summed E-state index contributed by atoms with van der Waals surface area (Å²) in [4.78, 5) is 0. The molecule has 0 aromatic rings. The van der Waals surface area contributed by atoms with E-state index in [1.54, 1.807) is 7.11 Å². The maximum atomic E-state index is 5.92. The van der Waals surface area contributed by atoms with Crippen LogP contribution in [0.2, 0.25) is 0 Å². The zero-order chi connectivity index (χ0) is 10.9. The molecule has 0 saturated heterocycles. The first-order chi connectivity index (χ1) is 5.52. The van der Waals surface area contributed by atoms with Gasteiger partial charge in [-0.3, -0.25) is 0 Å². The molecule has 104 valence electrons. The minimum absolute atomic E-state index is 0. The average molecular weight is 236 g/mol. The molecule has 0 fully saturated rings. The van der Waals surface area contributed by atoms with E-state index in [1.807, 2.05) is 13.8 Å². The molecule has 0 saturated carbocycles. The maximum Gasteiger partial charge on any atom is 0.163 e. The van der Waals surface area contributed by atoms with Gasteiger partial charge in [0.15, 0.2) is 5.79 Å². The van der Waals surface area contributed by atoms with Gasteiger partial charge < -0.3 is 9.47 Å². The number of rotatable bonds is 3. The number of methoxy groups -OCH3 is 1. The van der Waals surface area contributed by atoms with Crippen LogP contribution in [-0.4, -0.2) is 18.5 Å². The van der Waals surface area contributed by atoms with E-state index in [-0.39, 0.29) is 33.3 Å². The lowest BCUT2D eigenvalue weighted by Gasteiger charge is -2.43. The summed E-state index contributed by atoms with van der Waals surface area (Å²) >= 11 is 0. The Morgan fingerprint density at radius 3 is 1.19 bits per heavy atom. The normalized spacial score (nSPS) is 12.0. The largest absolute Gasteiger partial charge is 0.354 e. The molecule has 0 N–H and O–H groups in total. The highest BCUT2D eigenvalue weighted by Gasteiger charge is 2.38. The molecule has 2 nitrogen and oxygen atoms in total. The highest BCUT2D eigenvalue weighted by molar-refractivity contribution is 4.85. The Morgan fingerprint density at radius 2 is 1.00 bits per heavy atom. The van der Waals surface area contributed by atoms with Crippen molar-refractivity contribution in [1.29, 1.82) is 0 Å². The molecule has 0 aliphatic heterocycles. The van der Waals surface area contributed by atoms with Crippen LogP contribution in [0.15, 0.2) is 0 Å². The van der Waals surface area contributed by atoms with Crippen molar-refractivity contribution in [1.82, 2.24) is 0 Å². The van der Waals surface area contributed by atoms with E-state index < -0.39 is 5.79 Å². The summed E-state index contributed by atoms with van der Waals surface area (Å²) in [6.45, 7) is 14.5. The van der Waals surface area contributed by atoms with Crippen molar-refractivity contribution in [3.8, 4) is 0 Å². The standard InChI is InChI=1S/C11H24O2.3CH4/c1-9(2,3)10(4,5)13-11(6,7)12-8;;;/h1-8H3;3*1H4. The quantitative estimate of drug-likeness (QED) is 0.633. The first-order valence-corrected chi connectivity index (χ1v) is 4.77. The topological polar surface area (TPSA) is 18.5 Å². The van der Waals surface area contributed by atoms with Gasteiger partial charge in [0.25, 0.3) is 0 Å². The van der Waals surface area contributed by atoms with Crippen LogP contribution in [0.3, 0.4) is 0 Å². The zero-order valence-electron chi connectivity index (χ0n) is 10.3. The SMILES string of the molecule is C.C.C.COC(C)(C)OC(C)(C)C(C)(C)C. The van der Waals surface area contributed by atoms with Gasteiger partial charge in [0.2, 0.25) is 0 Å². The number of hydrogen-bond donors (Lipinski definition) is 0. The van der Waals surface area contributed by atoms with Gasteiger partial charge in [0.05, 0.1) is 5.60 Å². The van der Waals surface area contributed by atoms with Gasteiger partial charge in [0.1, 0.15) is 0 Å². The molecule has 16 heavy (non-hydrogen) atoms. The van der Waals surface area contributed by atoms with E-state index in [1.165, 1.54) is 0 Å². The molecule has 0 aromatic carbocycles. The van der Waals surface area contributed by atoms with Crippen LogP contribution in [0.25, 0.3) is 0 Å². The van der Waals surface area contributed by atoms with Gasteiger partial charge in [-0.1, -0.05) is 43.1 Å². The van der Waals surface area contributed by atoms with Gasteiger partial charge in [-0.25, -0.2) is 0 Å². The lowest BCUT2D eigenvalue weighted by atomic mass is 9.79. The van der Waals surface area contributed by atoms with Crippen LogP contribution < -0.4 is 0 Å². The van der Waals surface area contributed by atoms with Gasteiger partial charge in [-0.05, 0) is 33.1 Å². The van der Waals surface area contributed by atoms with Crippen LogP contribution in [0.4, 0.5) is 0 Å². The van der Waals surface area contributed by atoms with E-state index in [0.717, 1.165) is 0 Å². The summed E-state index contributed by atoms with van der Waals surface area (Å²) in [6.07, 6.45) is 0. The molecule has 0 amide bonds. The second-order valence-corrected chi connectivity index (χ2v) is 5.47. The summed E-state index contributed by atoms with van der Waals surface area (Å²) in [6, 6.07) is 0. The summed E-state index contributed by atoms with van der Waals surface area (Å²) in [5.41, 5.74) is -0.102. The van der Waals surface area contributed by atoms with Crippen LogP contribution >= 0.6 is 0 Å². The van der Waals surface area contributed by atoms with Crippen molar-refractivity contribution < 1.29 is 9.47 Å². The predicted molar refractivity (Wildman–Crippen MR) is 75.9 cm³/mol. The second kappa shape index (κ2) is 7.29. The van der Waals surface area contributed by atoms with Gasteiger partial charge in [-0.2, -0.15) is 0 Å². The Hall–Kier alpha value is -0.0800. The third-order valence-electron chi connectivity index (χ3n) is 2.80. The van der Waals surface area contributed by atoms with E-state index in [2.05, 4.69) is 34.6 Å². The molecule has 0 aliphatic rings. The lowest BCUT2D eigenvalue weighted by molar-refractivity contribution is -0.273. The predicted octanol–water partition coefficient (Wildman–Crippen LogP) is 5.12. The van der Waals surface area contributed by atoms with Crippen LogP contribution in [-0.2, 0) is 9.47 Å².